The summed E-state index contributed by atoms with van der Waals surface area (Å²) in [5.74, 6) is 0.253. The van der Waals surface area contributed by atoms with Crippen LogP contribution in [0.4, 0.5) is 0 Å². The van der Waals surface area contributed by atoms with Gasteiger partial charge in [-0.25, -0.2) is 0 Å². The van der Waals surface area contributed by atoms with E-state index < -0.39 is 0 Å². The molecular weight excluding hydrogens is 260 g/mol. The molecule has 0 saturated carbocycles. The molecule has 0 radical (unpaired) electrons. The number of hydrogen-bond acceptors (Lipinski definition) is 4. The van der Waals surface area contributed by atoms with Gasteiger partial charge in [-0.15, -0.1) is 0 Å². The van der Waals surface area contributed by atoms with Crippen molar-refractivity contribution in [1.82, 2.24) is 9.80 Å². The number of thiophene rings is 1. The Morgan fingerprint density at radius 2 is 2.16 bits per heavy atom. The predicted octanol–water partition coefficient (Wildman–Crippen LogP) is 1.21. The molecule has 2 rings (SSSR count). The van der Waals surface area contributed by atoms with Gasteiger partial charge in [0.15, 0.2) is 0 Å². The summed E-state index contributed by atoms with van der Waals surface area (Å²) in [5, 5.41) is 13.5. The second-order valence-electron chi connectivity index (χ2n) is 5.16. The highest BCUT2D eigenvalue weighted by Crippen LogP contribution is 2.11. The number of rotatable bonds is 5. The highest BCUT2D eigenvalue weighted by Gasteiger charge is 2.21. The number of aliphatic hydroxyl groups excluding tert-OH is 1. The lowest BCUT2D eigenvalue weighted by molar-refractivity contribution is -0.133. The molecule has 1 aromatic rings. The molecular formula is C14H22N2O2S. The van der Waals surface area contributed by atoms with E-state index in [0.717, 1.165) is 32.6 Å². The Morgan fingerprint density at radius 1 is 1.42 bits per heavy atom. The van der Waals surface area contributed by atoms with Crippen molar-refractivity contribution in [2.45, 2.75) is 25.9 Å². The monoisotopic (exact) mass is 282 g/mol. The number of carbonyl (C=O) groups excluding carboxylic acids is 1. The van der Waals surface area contributed by atoms with E-state index >= 15 is 0 Å². The van der Waals surface area contributed by atoms with Crippen molar-refractivity contribution < 1.29 is 9.90 Å². The normalized spacial score (nSPS) is 18.5. The molecule has 4 nitrogen and oxygen atoms in total. The molecule has 1 aliphatic rings. The van der Waals surface area contributed by atoms with Crippen molar-refractivity contribution in [3.63, 3.8) is 0 Å². The molecule has 1 unspecified atom stereocenters. The molecule has 19 heavy (non-hydrogen) atoms. The van der Waals surface area contributed by atoms with Crippen molar-refractivity contribution in [3.8, 4) is 0 Å². The molecule has 0 aliphatic carbocycles. The highest BCUT2D eigenvalue weighted by molar-refractivity contribution is 7.07. The van der Waals surface area contributed by atoms with Crippen molar-refractivity contribution in [3.05, 3.63) is 22.4 Å². The van der Waals surface area contributed by atoms with E-state index in [4.69, 9.17) is 0 Å². The fraction of sp³-hybridized carbons (Fsp3) is 0.643. The minimum atomic E-state index is -0.291. The van der Waals surface area contributed by atoms with Crippen LogP contribution in [0.3, 0.4) is 0 Å². The molecule has 1 N–H and O–H groups in total. The van der Waals surface area contributed by atoms with Gasteiger partial charge in [0.1, 0.15) is 0 Å². The third kappa shape index (κ3) is 4.60. The second kappa shape index (κ2) is 7.03. The topological polar surface area (TPSA) is 43.8 Å². The second-order valence-corrected chi connectivity index (χ2v) is 5.94. The Kier molecular flexibility index (Phi) is 5.36. The average molecular weight is 282 g/mol. The molecule has 1 amide bonds. The quantitative estimate of drug-likeness (QED) is 0.883. The van der Waals surface area contributed by atoms with Gasteiger partial charge >= 0.3 is 0 Å². The lowest BCUT2D eigenvalue weighted by Gasteiger charge is -2.35. The van der Waals surface area contributed by atoms with Gasteiger partial charge in [-0.1, -0.05) is 0 Å². The Hall–Kier alpha value is -0.910. The molecule has 2 heterocycles. The minimum absolute atomic E-state index is 0.253. The van der Waals surface area contributed by atoms with Gasteiger partial charge in [-0.2, -0.15) is 11.3 Å². The summed E-state index contributed by atoms with van der Waals surface area (Å²) in [7, 11) is 0. The first-order valence-corrected chi connectivity index (χ1v) is 7.78. The minimum Gasteiger partial charge on any atom is -0.392 e. The zero-order chi connectivity index (χ0) is 13.7. The molecule has 1 atom stereocenters. The molecule has 1 aliphatic heterocycles. The maximum absolute atomic E-state index is 12.1. The number of hydrogen-bond donors (Lipinski definition) is 1. The van der Waals surface area contributed by atoms with Gasteiger partial charge in [0.2, 0.25) is 5.91 Å². The molecule has 1 fully saturated rings. The van der Waals surface area contributed by atoms with Gasteiger partial charge in [0.05, 0.1) is 6.10 Å². The van der Waals surface area contributed by atoms with E-state index in [1.165, 1.54) is 5.56 Å². The summed E-state index contributed by atoms with van der Waals surface area (Å²) in [6.45, 7) is 5.82. The maximum atomic E-state index is 12.1. The summed E-state index contributed by atoms with van der Waals surface area (Å²) in [4.78, 5) is 16.2. The van der Waals surface area contributed by atoms with E-state index in [-0.39, 0.29) is 12.0 Å². The van der Waals surface area contributed by atoms with Gasteiger partial charge in [-0.05, 0) is 35.7 Å². The van der Waals surface area contributed by atoms with E-state index in [2.05, 4.69) is 21.7 Å². The van der Waals surface area contributed by atoms with E-state index in [1.807, 2.05) is 4.90 Å². The van der Waals surface area contributed by atoms with Gasteiger partial charge in [0, 0.05) is 39.1 Å². The lowest BCUT2D eigenvalue weighted by atomic mass is 10.1. The van der Waals surface area contributed by atoms with Crippen LogP contribution in [0.15, 0.2) is 16.8 Å². The third-order valence-electron chi connectivity index (χ3n) is 3.46. The van der Waals surface area contributed by atoms with E-state index in [9.17, 15) is 9.90 Å². The Morgan fingerprint density at radius 3 is 2.74 bits per heavy atom. The molecule has 0 bridgehead atoms. The van der Waals surface area contributed by atoms with Gasteiger partial charge in [-0.3, -0.25) is 9.69 Å². The fourth-order valence-electron chi connectivity index (χ4n) is 2.40. The van der Waals surface area contributed by atoms with Crippen molar-refractivity contribution in [1.29, 1.82) is 0 Å². The molecule has 0 spiro atoms. The predicted molar refractivity (Wildman–Crippen MR) is 77.3 cm³/mol. The van der Waals surface area contributed by atoms with Gasteiger partial charge < -0.3 is 10.0 Å². The standard InChI is InChI=1S/C14H22N2O2S/c1-12(17)10-15-5-7-16(8-6-15)14(18)3-2-13-4-9-19-11-13/h4,9,11-12,17H,2-3,5-8,10H2,1H3. The number of piperazine rings is 1. The van der Waals surface area contributed by atoms with Gasteiger partial charge in [0.25, 0.3) is 0 Å². The molecule has 0 aromatic carbocycles. The van der Waals surface area contributed by atoms with E-state index in [1.54, 1.807) is 18.3 Å². The smallest absolute Gasteiger partial charge is 0.222 e. The summed E-state index contributed by atoms with van der Waals surface area (Å²) in [6.07, 6.45) is 1.16. The lowest BCUT2D eigenvalue weighted by Crippen LogP contribution is -2.50. The fourth-order valence-corrected chi connectivity index (χ4v) is 3.10. The number of carbonyl (C=O) groups is 1. The highest BCUT2D eigenvalue weighted by atomic mass is 32.1. The zero-order valence-electron chi connectivity index (χ0n) is 11.4. The van der Waals surface area contributed by atoms with Crippen LogP contribution in [0.1, 0.15) is 18.9 Å². The summed E-state index contributed by atoms with van der Waals surface area (Å²) < 4.78 is 0. The van der Waals surface area contributed by atoms with Crippen LogP contribution in [0, 0.1) is 0 Å². The first-order chi connectivity index (χ1) is 9.15. The zero-order valence-corrected chi connectivity index (χ0v) is 12.2. The van der Waals surface area contributed by atoms with Crippen LogP contribution in [-0.2, 0) is 11.2 Å². The maximum Gasteiger partial charge on any atom is 0.222 e. The van der Waals surface area contributed by atoms with Crippen LogP contribution in [0.5, 0.6) is 0 Å². The van der Waals surface area contributed by atoms with Crippen molar-refractivity contribution in [2.75, 3.05) is 32.7 Å². The summed E-state index contributed by atoms with van der Waals surface area (Å²) in [6, 6.07) is 2.08. The first-order valence-electron chi connectivity index (χ1n) is 6.84. The van der Waals surface area contributed by atoms with Crippen LogP contribution in [0.2, 0.25) is 0 Å². The SMILES string of the molecule is CC(O)CN1CCN(C(=O)CCc2ccsc2)CC1. The number of aliphatic hydroxyl groups is 1. The Bertz CT molecular complexity index is 384. The Balaban J connectivity index is 1.70. The molecule has 106 valence electrons. The van der Waals surface area contributed by atoms with E-state index in [0.29, 0.717) is 13.0 Å². The van der Waals surface area contributed by atoms with Crippen molar-refractivity contribution in [2.24, 2.45) is 0 Å². The number of amides is 1. The summed E-state index contributed by atoms with van der Waals surface area (Å²) in [5.41, 5.74) is 1.26. The van der Waals surface area contributed by atoms with Crippen molar-refractivity contribution >= 4 is 17.2 Å². The number of nitrogens with zero attached hydrogens (tertiary/aromatic N) is 2. The number of β-amino-alcohol motifs (C(OH)–C–C–N with tert-alkyl or cyclic N) is 1. The van der Waals surface area contributed by atoms with Crippen LogP contribution < -0.4 is 0 Å². The van der Waals surface area contributed by atoms with Crippen LogP contribution in [-0.4, -0.2) is 59.6 Å². The van der Waals surface area contributed by atoms with Crippen LogP contribution >= 0.6 is 11.3 Å². The molecule has 1 aromatic heterocycles. The average Bonchev–Trinajstić information content (AvgIpc) is 2.89. The largest absolute Gasteiger partial charge is 0.392 e. The summed E-state index contributed by atoms with van der Waals surface area (Å²) >= 11 is 1.68. The first kappa shape index (κ1) is 14.5. The number of aryl methyl sites for hydroxylation is 1. The molecule has 1 saturated heterocycles. The van der Waals surface area contributed by atoms with Crippen LogP contribution in [0.25, 0.3) is 0 Å². The third-order valence-corrected chi connectivity index (χ3v) is 4.19. The molecule has 5 heteroatoms. The Labute approximate surface area is 118 Å².